The van der Waals surface area contributed by atoms with Crippen LogP contribution in [0.25, 0.3) is 5.52 Å². The molecule has 0 aliphatic heterocycles. The highest BCUT2D eigenvalue weighted by molar-refractivity contribution is 5.64. The van der Waals surface area contributed by atoms with Crippen molar-refractivity contribution in [3.05, 3.63) is 35.9 Å². The van der Waals surface area contributed by atoms with E-state index in [2.05, 4.69) is 21.6 Å². The van der Waals surface area contributed by atoms with Crippen molar-refractivity contribution < 1.29 is 5.11 Å². The molecular formula is C18H20N2O. The molecule has 0 aromatic carbocycles. The van der Waals surface area contributed by atoms with Crippen LogP contribution in [0.2, 0.25) is 0 Å². The minimum absolute atomic E-state index is 0.537. The summed E-state index contributed by atoms with van der Waals surface area (Å²) in [6.45, 7) is 0. The third-order valence-electron chi connectivity index (χ3n) is 6.87. The van der Waals surface area contributed by atoms with Gasteiger partial charge in [0.25, 0.3) is 0 Å². The van der Waals surface area contributed by atoms with Gasteiger partial charge in [0.15, 0.2) is 0 Å². The maximum absolute atomic E-state index is 11.6. The van der Waals surface area contributed by atoms with Gasteiger partial charge >= 0.3 is 0 Å². The van der Waals surface area contributed by atoms with Crippen LogP contribution in [-0.2, 0) is 5.60 Å². The molecule has 4 aliphatic rings. The molecule has 6 rings (SSSR count). The van der Waals surface area contributed by atoms with Crippen LogP contribution < -0.4 is 0 Å². The second-order valence-corrected chi connectivity index (χ2v) is 7.82. The Morgan fingerprint density at radius 2 is 1.90 bits per heavy atom. The molecule has 4 fully saturated rings. The van der Waals surface area contributed by atoms with Crippen molar-refractivity contribution in [2.45, 2.75) is 43.6 Å². The molecule has 3 nitrogen and oxygen atoms in total. The number of aliphatic hydroxyl groups is 1. The summed E-state index contributed by atoms with van der Waals surface area (Å²) in [5.41, 5.74) is 3.27. The average Bonchev–Trinajstić information content (AvgIpc) is 3.24. The van der Waals surface area contributed by atoms with Gasteiger partial charge in [-0.1, -0.05) is 0 Å². The summed E-state index contributed by atoms with van der Waals surface area (Å²) in [6.07, 6.45) is 12.6. The molecule has 4 atom stereocenters. The zero-order valence-electron chi connectivity index (χ0n) is 12.1. The number of aromatic nitrogens is 2. The minimum Gasteiger partial charge on any atom is -0.384 e. The highest BCUT2D eigenvalue weighted by Gasteiger charge is 2.76. The summed E-state index contributed by atoms with van der Waals surface area (Å²) in [5, 5.41) is 11.6. The predicted molar refractivity (Wildman–Crippen MR) is 78.9 cm³/mol. The summed E-state index contributed by atoms with van der Waals surface area (Å²) in [6, 6.07) is 2.25. The molecule has 0 spiro atoms. The Labute approximate surface area is 124 Å². The lowest BCUT2D eigenvalue weighted by Gasteiger charge is -2.22. The van der Waals surface area contributed by atoms with E-state index in [-0.39, 0.29) is 0 Å². The lowest BCUT2D eigenvalue weighted by molar-refractivity contribution is 0.0898. The SMILES string of the molecule is OC1(c2c(C3CC3)ccn3cncc23)C2C3CCC(C3)C21. The van der Waals surface area contributed by atoms with E-state index < -0.39 is 5.60 Å². The average molecular weight is 280 g/mol. The highest BCUT2D eigenvalue weighted by Crippen LogP contribution is 2.76. The van der Waals surface area contributed by atoms with E-state index in [9.17, 15) is 5.11 Å². The van der Waals surface area contributed by atoms with Crippen LogP contribution in [-0.4, -0.2) is 14.5 Å². The van der Waals surface area contributed by atoms with Crippen LogP contribution in [0.5, 0.6) is 0 Å². The number of nitrogens with zero attached hydrogens (tertiary/aromatic N) is 2. The molecule has 4 aliphatic carbocycles. The van der Waals surface area contributed by atoms with Crippen LogP contribution >= 0.6 is 0 Å². The van der Waals surface area contributed by atoms with Gasteiger partial charge in [0, 0.05) is 23.6 Å². The standard InChI is InChI=1S/C18H20N2O/c21-18(15-11-3-4-12(7-11)16(15)18)17-13(10-1-2-10)5-6-20-9-19-8-14(17)20/h5-6,8-12,15-16,21H,1-4,7H2. The van der Waals surface area contributed by atoms with Gasteiger partial charge in [0.1, 0.15) is 0 Å². The Bertz CT molecular complexity index is 744. The van der Waals surface area contributed by atoms with Gasteiger partial charge < -0.3 is 9.51 Å². The normalized spacial score (nSPS) is 43.5. The molecule has 2 aromatic heterocycles. The van der Waals surface area contributed by atoms with Crippen LogP contribution in [0.15, 0.2) is 24.8 Å². The Morgan fingerprint density at radius 1 is 1.14 bits per heavy atom. The van der Waals surface area contributed by atoms with Gasteiger partial charge in [-0.3, -0.25) is 0 Å². The van der Waals surface area contributed by atoms with Crippen LogP contribution in [0.1, 0.15) is 49.1 Å². The van der Waals surface area contributed by atoms with E-state index in [1.54, 1.807) is 0 Å². The van der Waals surface area contributed by atoms with E-state index in [4.69, 9.17) is 0 Å². The number of fused-ring (bicyclic) bond motifs is 6. The molecule has 21 heavy (non-hydrogen) atoms. The fourth-order valence-electron chi connectivity index (χ4n) is 5.95. The smallest absolute Gasteiger partial charge is 0.0992 e. The van der Waals surface area contributed by atoms with Gasteiger partial charge in [-0.25, -0.2) is 4.98 Å². The quantitative estimate of drug-likeness (QED) is 0.918. The molecule has 0 radical (unpaired) electrons. The van der Waals surface area contributed by atoms with Crippen molar-refractivity contribution in [3.63, 3.8) is 0 Å². The Balaban J connectivity index is 1.60. The summed E-state index contributed by atoms with van der Waals surface area (Å²) in [7, 11) is 0. The molecule has 1 N–H and O–H groups in total. The minimum atomic E-state index is -0.537. The molecule has 108 valence electrons. The Morgan fingerprint density at radius 3 is 2.62 bits per heavy atom. The first-order valence-electron chi connectivity index (χ1n) is 8.46. The van der Waals surface area contributed by atoms with E-state index in [1.165, 1.54) is 43.2 Å². The van der Waals surface area contributed by atoms with Crippen molar-refractivity contribution in [2.24, 2.45) is 23.7 Å². The number of hydrogen-bond acceptors (Lipinski definition) is 2. The molecule has 2 bridgehead atoms. The van der Waals surface area contributed by atoms with Gasteiger partial charge in [0.2, 0.25) is 0 Å². The second-order valence-electron chi connectivity index (χ2n) is 7.82. The van der Waals surface area contributed by atoms with E-state index in [1.807, 2.05) is 12.5 Å². The molecule has 0 saturated heterocycles. The molecule has 2 heterocycles. The lowest BCUT2D eigenvalue weighted by Crippen LogP contribution is -2.20. The lowest BCUT2D eigenvalue weighted by atomic mass is 9.89. The van der Waals surface area contributed by atoms with Crippen molar-refractivity contribution in [3.8, 4) is 0 Å². The van der Waals surface area contributed by atoms with E-state index in [0.717, 1.165) is 17.4 Å². The van der Waals surface area contributed by atoms with Crippen LogP contribution in [0, 0.1) is 23.7 Å². The first-order valence-corrected chi connectivity index (χ1v) is 8.46. The predicted octanol–water partition coefficient (Wildman–Crippen LogP) is 3.08. The molecule has 0 amide bonds. The molecule has 2 aromatic rings. The summed E-state index contributed by atoms with van der Waals surface area (Å²) in [5.74, 6) is 3.31. The molecule has 4 saturated carbocycles. The van der Waals surface area contributed by atoms with Crippen molar-refractivity contribution >= 4 is 5.52 Å². The fraction of sp³-hybridized carbons (Fsp3) is 0.611. The summed E-state index contributed by atoms with van der Waals surface area (Å²) in [4.78, 5) is 4.32. The van der Waals surface area contributed by atoms with Gasteiger partial charge in [-0.2, -0.15) is 0 Å². The topological polar surface area (TPSA) is 37.5 Å². The van der Waals surface area contributed by atoms with Crippen molar-refractivity contribution in [1.82, 2.24) is 9.38 Å². The van der Waals surface area contributed by atoms with Crippen LogP contribution in [0.4, 0.5) is 0 Å². The third kappa shape index (κ3) is 1.20. The zero-order chi connectivity index (χ0) is 13.8. The summed E-state index contributed by atoms with van der Waals surface area (Å²) >= 11 is 0. The van der Waals surface area contributed by atoms with E-state index >= 15 is 0 Å². The first kappa shape index (κ1) is 11.2. The molecular weight excluding hydrogens is 260 g/mol. The number of imidazole rings is 1. The third-order valence-corrected chi connectivity index (χ3v) is 6.87. The van der Waals surface area contributed by atoms with Crippen molar-refractivity contribution in [1.29, 1.82) is 0 Å². The maximum atomic E-state index is 11.6. The van der Waals surface area contributed by atoms with Gasteiger partial charge in [-0.05, 0) is 61.5 Å². The molecule has 4 unspecified atom stereocenters. The molecule has 3 heteroatoms. The van der Waals surface area contributed by atoms with Crippen LogP contribution in [0.3, 0.4) is 0 Å². The van der Waals surface area contributed by atoms with E-state index in [0.29, 0.717) is 17.8 Å². The summed E-state index contributed by atoms with van der Waals surface area (Å²) < 4.78 is 2.09. The fourth-order valence-corrected chi connectivity index (χ4v) is 5.95. The maximum Gasteiger partial charge on any atom is 0.0992 e. The number of rotatable bonds is 2. The Hall–Kier alpha value is -1.35. The first-order chi connectivity index (χ1) is 10.3. The monoisotopic (exact) mass is 280 g/mol. The van der Waals surface area contributed by atoms with Gasteiger partial charge in [0.05, 0.1) is 23.6 Å². The zero-order valence-corrected chi connectivity index (χ0v) is 12.1. The number of pyridine rings is 1. The second kappa shape index (κ2) is 3.35. The van der Waals surface area contributed by atoms with Gasteiger partial charge in [-0.15, -0.1) is 0 Å². The Kier molecular flexibility index (Phi) is 1.79. The highest BCUT2D eigenvalue weighted by atomic mass is 16.3. The largest absolute Gasteiger partial charge is 0.384 e. The van der Waals surface area contributed by atoms with Crippen molar-refractivity contribution in [2.75, 3.05) is 0 Å². The number of hydrogen-bond donors (Lipinski definition) is 1.